The van der Waals surface area contributed by atoms with E-state index < -0.39 is 6.04 Å². The van der Waals surface area contributed by atoms with Crippen molar-refractivity contribution in [3.05, 3.63) is 77.0 Å². The van der Waals surface area contributed by atoms with Crippen molar-refractivity contribution in [1.82, 2.24) is 14.8 Å². The minimum absolute atomic E-state index is 0.124. The molecule has 1 saturated heterocycles. The Hall–Kier alpha value is -3.37. The maximum Gasteiger partial charge on any atom is 0.255 e. The van der Waals surface area contributed by atoms with Gasteiger partial charge >= 0.3 is 0 Å². The van der Waals surface area contributed by atoms with Gasteiger partial charge in [-0.05, 0) is 42.8 Å². The zero-order valence-electron chi connectivity index (χ0n) is 16.5. The van der Waals surface area contributed by atoms with Crippen LogP contribution in [0.3, 0.4) is 0 Å². The predicted octanol–water partition coefficient (Wildman–Crippen LogP) is 3.84. The predicted molar refractivity (Wildman–Crippen MR) is 109 cm³/mol. The SMILES string of the molecule is Cc1nc2cc(F)ccc2cc1C(=O)N1CCN(C(C#N)c2ccc(F)cc2)CC1. The molecule has 2 aromatic carbocycles. The van der Waals surface area contributed by atoms with E-state index in [4.69, 9.17) is 0 Å². The van der Waals surface area contributed by atoms with Crippen molar-refractivity contribution in [3.8, 4) is 6.07 Å². The third-order valence-electron chi connectivity index (χ3n) is 5.48. The maximum atomic E-state index is 13.4. The summed E-state index contributed by atoms with van der Waals surface area (Å²) >= 11 is 0. The zero-order chi connectivity index (χ0) is 21.3. The molecule has 7 heteroatoms. The Bertz CT molecular complexity index is 1130. The van der Waals surface area contributed by atoms with Crippen LogP contribution >= 0.6 is 0 Å². The summed E-state index contributed by atoms with van der Waals surface area (Å²) < 4.78 is 26.6. The highest BCUT2D eigenvalue weighted by Crippen LogP contribution is 2.24. The Kier molecular flexibility index (Phi) is 5.42. The molecule has 1 amide bonds. The number of pyridine rings is 1. The van der Waals surface area contributed by atoms with E-state index in [-0.39, 0.29) is 17.5 Å². The number of halogens is 2. The number of carbonyl (C=O) groups is 1. The molecule has 2 heterocycles. The summed E-state index contributed by atoms with van der Waals surface area (Å²) in [6.45, 7) is 3.76. The molecule has 0 aliphatic carbocycles. The lowest BCUT2D eigenvalue weighted by Crippen LogP contribution is -2.49. The molecule has 1 fully saturated rings. The number of hydrogen-bond donors (Lipinski definition) is 0. The molecule has 1 unspecified atom stereocenters. The van der Waals surface area contributed by atoms with Gasteiger partial charge in [-0.15, -0.1) is 0 Å². The molecule has 0 N–H and O–H groups in total. The van der Waals surface area contributed by atoms with Crippen LogP contribution in [0.1, 0.15) is 27.7 Å². The average molecular weight is 406 g/mol. The molecule has 30 heavy (non-hydrogen) atoms. The van der Waals surface area contributed by atoms with Gasteiger partial charge in [-0.3, -0.25) is 14.7 Å². The molecule has 0 spiro atoms. The van der Waals surface area contributed by atoms with Crippen molar-refractivity contribution in [3.63, 3.8) is 0 Å². The molecule has 152 valence electrons. The summed E-state index contributed by atoms with van der Waals surface area (Å²) in [5, 5.41) is 10.3. The van der Waals surface area contributed by atoms with Crippen LogP contribution in [-0.2, 0) is 0 Å². The number of carbonyl (C=O) groups excluding carboxylic acids is 1. The van der Waals surface area contributed by atoms with Gasteiger partial charge in [0.05, 0.1) is 22.8 Å². The highest BCUT2D eigenvalue weighted by atomic mass is 19.1. The lowest BCUT2D eigenvalue weighted by molar-refractivity contribution is 0.0605. The second-order valence-electron chi connectivity index (χ2n) is 7.37. The summed E-state index contributed by atoms with van der Waals surface area (Å²) in [7, 11) is 0. The Morgan fingerprint density at radius 1 is 1.03 bits per heavy atom. The highest BCUT2D eigenvalue weighted by molar-refractivity contribution is 5.98. The number of nitrogens with zero attached hydrogens (tertiary/aromatic N) is 4. The van der Waals surface area contributed by atoms with Gasteiger partial charge in [0.15, 0.2) is 0 Å². The van der Waals surface area contributed by atoms with E-state index >= 15 is 0 Å². The number of piperazine rings is 1. The first-order valence-electron chi connectivity index (χ1n) is 9.71. The van der Waals surface area contributed by atoms with Crippen LogP contribution in [0.15, 0.2) is 48.5 Å². The van der Waals surface area contributed by atoms with E-state index in [2.05, 4.69) is 11.1 Å². The van der Waals surface area contributed by atoms with Gasteiger partial charge in [0.1, 0.15) is 17.7 Å². The summed E-state index contributed by atoms with van der Waals surface area (Å²) in [5.74, 6) is -0.827. The zero-order valence-corrected chi connectivity index (χ0v) is 16.5. The van der Waals surface area contributed by atoms with Crippen LogP contribution in [0.25, 0.3) is 10.9 Å². The fraction of sp³-hybridized carbons (Fsp3) is 0.261. The van der Waals surface area contributed by atoms with Crippen molar-refractivity contribution in [2.75, 3.05) is 26.2 Å². The molecular weight excluding hydrogens is 386 g/mol. The van der Waals surface area contributed by atoms with Crippen molar-refractivity contribution in [2.45, 2.75) is 13.0 Å². The van der Waals surface area contributed by atoms with Gasteiger partial charge in [0.2, 0.25) is 0 Å². The van der Waals surface area contributed by atoms with Gasteiger partial charge in [0.25, 0.3) is 5.91 Å². The van der Waals surface area contributed by atoms with E-state index in [0.717, 1.165) is 5.56 Å². The summed E-state index contributed by atoms with van der Waals surface area (Å²) in [6.07, 6.45) is 0. The topological polar surface area (TPSA) is 60.2 Å². The molecule has 4 rings (SSSR count). The largest absolute Gasteiger partial charge is 0.336 e. The molecule has 0 radical (unpaired) electrons. The normalized spacial score (nSPS) is 15.7. The van der Waals surface area contributed by atoms with E-state index in [1.165, 1.54) is 24.3 Å². The standard InChI is InChI=1S/C23H20F2N4O/c1-15-20(12-17-4-7-19(25)13-21(17)27-15)23(30)29-10-8-28(9-11-29)22(14-26)16-2-5-18(24)6-3-16/h2-7,12-13,22H,8-11H2,1H3. The van der Waals surface area contributed by atoms with Gasteiger partial charge in [0, 0.05) is 37.6 Å². The van der Waals surface area contributed by atoms with Crippen LogP contribution in [-0.4, -0.2) is 46.9 Å². The second kappa shape index (κ2) is 8.17. The number of aromatic nitrogens is 1. The third-order valence-corrected chi connectivity index (χ3v) is 5.48. The molecule has 3 aromatic rings. The molecule has 1 aliphatic heterocycles. The van der Waals surface area contributed by atoms with Crippen molar-refractivity contribution >= 4 is 16.8 Å². The van der Waals surface area contributed by atoms with E-state index in [1.54, 1.807) is 36.1 Å². The second-order valence-corrected chi connectivity index (χ2v) is 7.37. The fourth-order valence-corrected chi connectivity index (χ4v) is 3.82. The number of fused-ring (bicyclic) bond motifs is 1. The van der Waals surface area contributed by atoms with E-state index in [0.29, 0.717) is 48.3 Å². The molecule has 1 aromatic heterocycles. The molecule has 5 nitrogen and oxygen atoms in total. The number of benzene rings is 2. The first-order chi connectivity index (χ1) is 14.5. The Morgan fingerprint density at radius 2 is 1.70 bits per heavy atom. The van der Waals surface area contributed by atoms with Crippen LogP contribution in [0, 0.1) is 29.9 Å². The van der Waals surface area contributed by atoms with Crippen molar-refractivity contribution < 1.29 is 13.6 Å². The van der Waals surface area contributed by atoms with Gasteiger partial charge in [-0.1, -0.05) is 12.1 Å². The summed E-state index contributed by atoms with van der Waals surface area (Å²) in [6, 6.07) is 13.8. The van der Waals surface area contributed by atoms with Crippen molar-refractivity contribution in [2.24, 2.45) is 0 Å². The monoisotopic (exact) mass is 406 g/mol. The quantitative estimate of drug-likeness (QED) is 0.663. The first kappa shape index (κ1) is 19.9. The maximum absolute atomic E-state index is 13.4. The summed E-state index contributed by atoms with van der Waals surface area (Å²) in [5.41, 5.74) is 2.31. The number of nitriles is 1. The molecular formula is C23H20F2N4O. The average Bonchev–Trinajstić information content (AvgIpc) is 2.75. The van der Waals surface area contributed by atoms with Crippen LogP contribution in [0.5, 0.6) is 0 Å². The Balaban J connectivity index is 1.48. The number of hydrogen-bond acceptors (Lipinski definition) is 4. The molecule has 1 atom stereocenters. The summed E-state index contributed by atoms with van der Waals surface area (Å²) in [4.78, 5) is 21.2. The molecule has 0 bridgehead atoms. The molecule has 0 saturated carbocycles. The van der Waals surface area contributed by atoms with Crippen LogP contribution in [0.2, 0.25) is 0 Å². The minimum atomic E-state index is -0.484. The smallest absolute Gasteiger partial charge is 0.255 e. The van der Waals surface area contributed by atoms with E-state index in [9.17, 15) is 18.8 Å². The Morgan fingerprint density at radius 3 is 2.37 bits per heavy atom. The number of aryl methyl sites for hydroxylation is 1. The number of amides is 1. The van der Waals surface area contributed by atoms with Crippen LogP contribution in [0.4, 0.5) is 8.78 Å². The van der Waals surface area contributed by atoms with Crippen molar-refractivity contribution in [1.29, 1.82) is 5.26 Å². The Labute approximate surface area is 173 Å². The van der Waals surface area contributed by atoms with E-state index in [1.807, 2.05) is 4.90 Å². The van der Waals surface area contributed by atoms with Crippen LogP contribution < -0.4 is 0 Å². The van der Waals surface area contributed by atoms with Gasteiger partial charge < -0.3 is 4.90 Å². The number of rotatable bonds is 3. The fourth-order valence-electron chi connectivity index (χ4n) is 3.82. The lowest BCUT2D eigenvalue weighted by atomic mass is 10.0. The minimum Gasteiger partial charge on any atom is -0.336 e. The highest BCUT2D eigenvalue weighted by Gasteiger charge is 2.28. The first-order valence-corrected chi connectivity index (χ1v) is 9.71. The lowest BCUT2D eigenvalue weighted by Gasteiger charge is -2.37. The van der Waals surface area contributed by atoms with Gasteiger partial charge in [-0.25, -0.2) is 8.78 Å². The molecule has 1 aliphatic rings. The third kappa shape index (κ3) is 3.87. The van der Waals surface area contributed by atoms with Gasteiger partial charge in [-0.2, -0.15) is 5.26 Å².